The van der Waals surface area contributed by atoms with E-state index in [1.165, 1.54) is 0 Å². The van der Waals surface area contributed by atoms with E-state index in [0.717, 1.165) is 12.1 Å². The largest absolute Gasteiger partial charge is 0.311 e. The molecular weight excluding hydrogens is 152 g/mol. The fraction of sp³-hybridized carbons (Fsp3) is 0.556. The first kappa shape index (κ1) is 8.97. The quantitative estimate of drug-likeness (QED) is 0.719. The molecule has 0 aliphatic rings. The molecule has 0 radical (unpaired) electrons. The highest BCUT2D eigenvalue weighted by Crippen LogP contribution is 2.02. The predicted molar refractivity (Wildman–Crippen MR) is 48.1 cm³/mol. The lowest BCUT2D eigenvalue weighted by atomic mass is 10.1. The Bertz CT molecular complexity index is 315. The van der Waals surface area contributed by atoms with Crippen molar-refractivity contribution in [1.29, 1.82) is 0 Å². The molecule has 0 unspecified atom stereocenters. The molecule has 0 amide bonds. The molecule has 0 bridgehead atoms. The summed E-state index contributed by atoms with van der Waals surface area (Å²) in [6, 6.07) is 1.56. The number of H-pyrrole nitrogens is 1. The first-order valence-electron chi connectivity index (χ1n) is 4.15. The molecule has 0 fully saturated rings. The second-order valence-electron chi connectivity index (χ2n) is 3.42. The van der Waals surface area contributed by atoms with E-state index in [-0.39, 0.29) is 5.56 Å². The van der Waals surface area contributed by atoms with Gasteiger partial charge >= 0.3 is 0 Å². The summed E-state index contributed by atoms with van der Waals surface area (Å²) < 4.78 is 0. The summed E-state index contributed by atoms with van der Waals surface area (Å²) in [5, 5.41) is 0. The second-order valence-corrected chi connectivity index (χ2v) is 3.42. The number of hydrogen-bond donors (Lipinski definition) is 1. The minimum absolute atomic E-state index is 0.0573. The van der Waals surface area contributed by atoms with Gasteiger partial charge in [0.25, 0.3) is 5.56 Å². The Labute approximate surface area is 71.9 Å². The lowest BCUT2D eigenvalue weighted by Crippen LogP contribution is -2.11. The molecule has 1 aromatic rings. The van der Waals surface area contributed by atoms with Crippen LogP contribution in [0.15, 0.2) is 10.9 Å². The Balaban J connectivity index is 2.93. The molecule has 0 atom stereocenters. The highest BCUT2D eigenvalue weighted by Gasteiger charge is 2.00. The molecule has 0 aliphatic carbocycles. The van der Waals surface area contributed by atoms with Crippen molar-refractivity contribution in [2.75, 3.05) is 0 Å². The number of aromatic amines is 1. The molecule has 66 valence electrons. The van der Waals surface area contributed by atoms with Crippen LogP contribution >= 0.6 is 0 Å². The average Bonchev–Trinajstić information content (AvgIpc) is 1.81. The zero-order chi connectivity index (χ0) is 9.14. The minimum atomic E-state index is -0.0573. The zero-order valence-electron chi connectivity index (χ0n) is 7.72. The third kappa shape index (κ3) is 2.49. The summed E-state index contributed by atoms with van der Waals surface area (Å²) in [7, 11) is 0. The average molecular weight is 166 g/mol. The highest BCUT2D eigenvalue weighted by molar-refractivity contribution is 5.02. The van der Waals surface area contributed by atoms with Crippen LogP contribution in [0.2, 0.25) is 0 Å². The number of hydrogen-bond acceptors (Lipinski definition) is 2. The summed E-state index contributed by atoms with van der Waals surface area (Å²) in [6.07, 6.45) is 0.866. The number of nitrogens with one attached hydrogen (secondary N) is 1. The van der Waals surface area contributed by atoms with Crippen LogP contribution in [0.25, 0.3) is 0 Å². The molecule has 0 saturated carbocycles. The summed E-state index contributed by atoms with van der Waals surface area (Å²) in [4.78, 5) is 17.8. The Morgan fingerprint density at radius 3 is 2.75 bits per heavy atom. The maximum absolute atomic E-state index is 11.0. The van der Waals surface area contributed by atoms with Gasteiger partial charge in [0, 0.05) is 11.8 Å². The first-order chi connectivity index (χ1) is 5.58. The normalized spacial score (nSPS) is 10.7. The minimum Gasteiger partial charge on any atom is -0.311 e. The van der Waals surface area contributed by atoms with Crippen LogP contribution in [-0.4, -0.2) is 9.97 Å². The summed E-state index contributed by atoms with van der Waals surface area (Å²) in [5.41, 5.74) is 0.824. The zero-order valence-corrected chi connectivity index (χ0v) is 7.72. The lowest BCUT2D eigenvalue weighted by molar-refractivity contribution is 0.631. The summed E-state index contributed by atoms with van der Waals surface area (Å²) >= 11 is 0. The molecule has 3 heteroatoms. The Kier molecular flexibility index (Phi) is 2.63. The van der Waals surface area contributed by atoms with Crippen LogP contribution in [0.1, 0.15) is 25.4 Å². The fourth-order valence-electron chi connectivity index (χ4n) is 1.16. The summed E-state index contributed by atoms with van der Waals surface area (Å²) in [5.74, 6) is 1.23. The molecule has 0 spiro atoms. The van der Waals surface area contributed by atoms with Crippen LogP contribution in [0.5, 0.6) is 0 Å². The molecule has 0 aromatic carbocycles. The van der Waals surface area contributed by atoms with Crippen molar-refractivity contribution in [1.82, 2.24) is 9.97 Å². The van der Waals surface area contributed by atoms with Crippen LogP contribution < -0.4 is 5.56 Å². The van der Waals surface area contributed by atoms with Gasteiger partial charge in [-0.2, -0.15) is 0 Å². The molecular formula is C9H14N2O. The van der Waals surface area contributed by atoms with Gasteiger partial charge < -0.3 is 4.98 Å². The van der Waals surface area contributed by atoms with Gasteiger partial charge in [0.2, 0.25) is 0 Å². The molecule has 1 aromatic heterocycles. The fourth-order valence-corrected chi connectivity index (χ4v) is 1.16. The van der Waals surface area contributed by atoms with Crippen molar-refractivity contribution < 1.29 is 0 Å². The van der Waals surface area contributed by atoms with E-state index in [2.05, 4.69) is 23.8 Å². The van der Waals surface area contributed by atoms with Crippen molar-refractivity contribution in [3.05, 3.63) is 27.9 Å². The van der Waals surface area contributed by atoms with Gasteiger partial charge in [0.15, 0.2) is 0 Å². The van der Waals surface area contributed by atoms with Crippen LogP contribution in [0.4, 0.5) is 0 Å². The molecule has 1 N–H and O–H groups in total. The highest BCUT2D eigenvalue weighted by atomic mass is 16.1. The topological polar surface area (TPSA) is 45.8 Å². The van der Waals surface area contributed by atoms with E-state index >= 15 is 0 Å². The molecule has 1 heterocycles. The molecule has 0 saturated heterocycles. The standard InChI is InChI=1S/C9H14N2O/c1-6(2)4-8-5-9(12)11-7(3)10-8/h5-6H,4H2,1-3H3,(H,10,11,12). The molecule has 3 nitrogen and oxygen atoms in total. The van der Waals surface area contributed by atoms with Crippen molar-refractivity contribution in [2.45, 2.75) is 27.2 Å². The van der Waals surface area contributed by atoms with Crippen LogP contribution in [0, 0.1) is 12.8 Å². The number of nitrogens with zero attached hydrogens (tertiary/aromatic N) is 1. The Morgan fingerprint density at radius 2 is 2.25 bits per heavy atom. The smallest absolute Gasteiger partial charge is 0.251 e. The van der Waals surface area contributed by atoms with Crippen molar-refractivity contribution in [3.63, 3.8) is 0 Å². The van der Waals surface area contributed by atoms with E-state index in [9.17, 15) is 4.79 Å². The van der Waals surface area contributed by atoms with Gasteiger partial charge in [-0.3, -0.25) is 4.79 Å². The predicted octanol–water partition coefficient (Wildman–Crippen LogP) is 1.28. The first-order valence-corrected chi connectivity index (χ1v) is 4.15. The maximum Gasteiger partial charge on any atom is 0.251 e. The maximum atomic E-state index is 11.0. The van der Waals surface area contributed by atoms with Crippen molar-refractivity contribution >= 4 is 0 Å². The third-order valence-corrected chi connectivity index (χ3v) is 1.53. The van der Waals surface area contributed by atoms with Gasteiger partial charge in [-0.25, -0.2) is 4.98 Å². The van der Waals surface area contributed by atoms with Gasteiger partial charge in [-0.05, 0) is 19.3 Å². The summed E-state index contributed by atoms with van der Waals surface area (Å²) in [6.45, 7) is 6.02. The second kappa shape index (κ2) is 3.52. The van der Waals surface area contributed by atoms with Gasteiger partial charge in [-0.1, -0.05) is 13.8 Å². The van der Waals surface area contributed by atoms with E-state index in [4.69, 9.17) is 0 Å². The number of aromatic nitrogens is 2. The lowest BCUT2D eigenvalue weighted by Gasteiger charge is -2.03. The van der Waals surface area contributed by atoms with Gasteiger partial charge in [-0.15, -0.1) is 0 Å². The molecule has 12 heavy (non-hydrogen) atoms. The monoisotopic (exact) mass is 166 g/mol. The van der Waals surface area contributed by atoms with Crippen LogP contribution in [-0.2, 0) is 6.42 Å². The molecule has 0 aliphatic heterocycles. The number of aryl methyl sites for hydroxylation is 1. The van der Waals surface area contributed by atoms with Crippen molar-refractivity contribution in [3.8, 4) is 0 Å². The van der Waals surface area contributed by atoms with E-state index in [0.29, 0.717) is 11.7 Å². The van der Waals surface area contributed by atoms with E-state index in [1.807, 2.05) is 0 Å². The number of rotatable bonds is 2. The van der Waals surface area contributed by atoms with E-state index in [1.54, 1.807) is 13.0 Å². The third-order valence-electron chi connectivity index (χ3n) is 1.53. The van der Waals surface area contributed by atoms with Crippen molar-refractivity contribution in [2.24, 2.45) is 5.92 Å². The van der Waals surface area contributed by atoms with Gasteiger partial charge in [0.05, 0.1) is 0 Å². The van der Waals surface area contributed by atoms with Crippen LogP contribution in [0.3, 0.4) is 0 Å². The van der Waals surface area contributed by atoms with E-state index < -0.39 is 0 Å². The van der Waals surface area contributed by atoms with Gasteiger partial charge in [0.1, 0.15) is 5.82 Å². The Hall–Kier alpha value is -1.12. The SMILES string of the molecule is Cc1nc(CC(C)C)cc(=O)[nH]1. The Morgan fingerprint density at radius 1 is 1.58 bits per heavy atom. The molecule has 1 rings (SSSR count).